The van der Waals surface area contributed by atoms with Gasteiger partial charge in [-0.05, 0) is 42.9 Å². The summed E-state index contributed by atoms with van der Waals surface area (Å²) in [5.41, 5.74) is 2.02. The minimum atomic E-state index is -0.234. The first-order chi connectivity index (χ1) is 14.7. The molecule has 1 heterocycles. The number of nitrogens with one attached hydrogen (secondary N) is 1. The lowest BCUT2D eigenvalue weighted by Gasteiger charge is -2.21. The summed E-state index contributed by atoms with van der Waals surface area (Å²) >= 11 is 0. The zero-order valence-electron chi connectivity index (χ0n) is 16.8. The van der Waals surface area contributed by atoms with E-state index in [0.717, 1.165) is 12.0 Å². The minimum Gasteiger partial charge on any atom is -0.359 e. The molecule has 0 aliphatic heterocycles. The van der Waals surface area contributed by atoms with Gasteiger partial charge in [-0.15, -0.1) is 0 Å². The smallest absolute Gasteiger partial charge is 0.273 e. The van der Waals surface area contributed by atoms with E-state index in [-0.39, 0.29) is 24.1 Å². The highest BCUT2D eigenvalue weighted by molar-refractivity contribution is 5.94. The second-order valence-electron chi connectivity index (χ2n) is 7.66. The van der Waals surface area contributed by atoms with Crippen LogP contribution < -0.4 is 5.32 Å². The Morgan fingerprint density at radius 1 is 1.03 bits per heavy atom. The van der Waals surface area contributed by atoms with Crippen LogP contribution in [-0.2, 0) is 13.0 Å². The maximum Gasteiger partial charge on any atom is 0.273 e. The van der Waals surface area contributed by atoms with Gasteiger partial charge in [-0.2, -0.15) is 0 Å². The van der Waals surface area contributed by atoms with E-state index in [2.05, 4.69) is 10.5 Å². The van der Waals surface area contributed by atoms with Crippen molar-refractivity contribution in [2.45, 2.75) is 25.8 Å². The molecule has 30 heavy (non-hydrogen) atoms. The molecule has 6 nitrogen and oxygen atoms in total. The van der Waals surface area contributed by atoms with E-state index < -0.39 is 0 Å². The molecule has 1 N–H and O–H groups in total. The lowest BCUT2D eigenvalue weighted by atomic mass is 10.1. The zero-order valence-corrected chi connectivity index (χ0v) is 16.8. The van der Waals surface area contributed by atoms with Gasteiger partial charge in [0, 0.05) is 24.7 Å². The van der Waals surface area contributed by atoms with E-state index >= 15 is 0 Å². The highest BCUT2D eigenvalue weighted by atomic mass is 16.5. The number of hydrogen-bond donors (Lipinski definition) is 1. The Labute approximate surface area is 175 Å². The number of amides is 2. The van der Waals surface area contributed by atoms with Gasteiger partial charge < -0.3 is 14.7 Å². The third-order valence-corrected chi connectivity index (χ3v) is 5.21. The second kappa shape index (κ2) is 9.39. The van der Waals surface area contributed by atoms with Crippen molar-refractivity contribution < 1.29 is 14.1 Å². The van der Waals surface area contributed by atoms with E-state index in [1.165, 1.54) is 12.8 Å². The summed E-state index contributed by atoms with van der Waals surface area (Å²) in [6, 6.07) is 20.8. The van der Waals surface area contributed by atoms with Gasteiger partial charge >= 0.3 is 0 Å². The van der Waals surface area contributed by atoms with Crippen LogP contribution in [0.2, 0.25) is 0 Å². The highest BCUT2D eigenvalue weighted by Crippen LogP contribution is 2.27. The van der Waals surface area contributed by atoms with Crippen molar-refractivity contribution in [2.75, 3.05) is 13.1 Å². The largest absolute Gasteiger partial charge is 0.359 e. The quantitative estimate of drug-likeness (QED) is 0.591. The van der Waals surface area contributed by atoms with Crippen molar-refractivity contribution in [1.29, 1.82) is 0 Å². The summed E-state index contributed by atoms with van der Waals surface area (Å²) in [6.45, 7) is 1.46. The Morgan fingerprint density at radius 2 is 1.73 bits per heavy atom. The number of rotatable bonds is 9. The van der Waals surface area contributed by atoms with Gasteiger partial charge in [0.15, 0.2) is 11.5 Å². The minimum absolute atomic E-state index is 0.0809. The first-order valence-corrected chi connectivity index (χ1v) is 10.3. The molecule has 0 atom stereocenters. The monoisotopic (exact) mass is 403 g/mol. The third-order valence-electron chi connectivity index (χ3n) is 5.21. The molecule has 1 fully saturated rings. The van der Waals surface area contributed by atoms with E-state index in [1.54, 1.807) is 23.1 Å². The fourth-order valence-electron chi connectivity index (χ4n) is 3.26. The molecule has 0 unspecified atom stereocenters. The van der Waals surface area contributed by atoms with Crippen LogP contribution in [0, 0.1) is 5.92 Å². The molecule has 3 aromatic rings. The van der Waals surface area contributed by atoms with Crippen molar-refractivity contribution in [3.05, 3.63) is 89.3 Å². The molecular formula is C24H25N3O3. The third kappa shape index (κ3) is 5.35. The number of carbonyl (C=O) groups excluding carboxylic acids is 2. The molecule has 0 bridgehead atoms. The summed E-state index contributed by atoms with van der Waals surface area (Å²) in [4.78, 5) is 27.0. The fraction of sp³-hybridized carbons (Fsp3) is 0.292. The van der Waals surface area contributed by atoms with E-state index in [0.29, 0.717) is 30.3 Å². The molecule has 154 valence electrons. The van der Waals surface area contributed by atoms with Crippen LogP contribution in [-0.4, -0.2) is 35.0 Å². The van der Waals surface area contributed by atoms with Gasteiger partial charge in [-0.3, -0.25) is 9.59 Å². The summed E-state index contributed by atoms with van der Waals surface area (Å²) in [7, 11) is 0. The SMILES string of the molecule is O=C(NCC1CC1)c1cc(CN(CCc2ccccc2)C(=O)c2ccccc2)on1. The van der Waals surface area contributed by atoms with E-state index in [1.807, 2.05) is 48.5 Å². The topological polar surface area (TPSA) is 75.4 Å². The maximum atomic E-state index is 13.1. The molecule has 1 saturated carbocycles. The van der Waals surface area contributed by atoms with Gasteiger partial charge in [-0.1, -0.05) is 53.7 Å². The average Bonchev–Trinajstić information content (AvgIpc) is 3.51. The van der Waals surface area contributed by atoms with E-state index in [9.17, 15) is 9.59 Å². The number of carbonyl (C=O) groups is 2. The Kier molecular flexibility index (Phi) is 6.23. The lowest BCUT2D eigenvalue weighted by Crippen LogP contribution is -2.32. The van der Waals surface area contributed by atoms with Gasteiger partial charge in [0.05, 0.1) is 6.54 Å². The van der Waals surface area contributed by atoms with Crippen molar-refractivity contribution in [3.63, 3.8) is 0 Å². The van der Waals surface area contributed by atoms with Crippen molar-refractivity contribution >= 4 is 11.8 Å². The molecule has 2 aromatic carbocycles. The molecule has 4 rings (SSSR count). The molecule has 1 aliphatic carbocycles. The van der Waals surface area contributed by atoms with Gasteiger partial charge in [0.2, 0.25) is 0 Å². The zero-order chi connectivity index (χ0) is 20.8. The number of hydrogen-bond acceptors (Lipinski definition) is 4. The Balaban J connectivity index is 1.44. The van der Waals surface area contributed by atoms with Crippen LogP contribution >= 0.6 is 0 Å². The van der Waals surface area contributed by atoms with Gasteiger partial charge in [-0.25, -0.2) is 0 Å². The molecule has 1 aliphatic rings. The molecule has 0 spiro atoms. The highest BCUT2D eigenvalue weighted by Gasteiger charge is 2.23. The number of nitrogens with zero attached hydrogens (tertiary/aromatic N) is 2. The Hall–Kier alpha value is -3.41. The van der Waals surface area contributed by atoms with Crippen LogP contribution in [0.25, 0.3) is 0 Å². The van der Waals surface area contributed by atoms with Crippen LogP contribution in [0.5, 0.6) is 0 Å². The summed E-state index contributed by atoms with van der Waals surface area (Å²) in [5, 5.41) is 6.77. The maximum absolute atomic E-state index is 13.1. The van der Waals surface area contributed by atoms with Gasteiger partial charge in [0.25, 0.3) is 11.8 Å². The van der Waals surface area contributed by atoms with Crippen molar-refractivity contribution in [3.8, 4) is 0 Å². The van der Waals surface area contributed by atoms with Gasteiger partial charge in [0.1, 0.15) is 0 Å². The van der Waals surface area contributed by atoms with Crippen LogP contribution in [0.4, 0.5) is 0 Å². The summed E-state index contributed by atoms with van der Waals surface area (Å²) < 4.78 is 5.37. The second-order valence-corrected chi connectivity index (χ2v) is 7.66. The fourth-order valence-corrected chi connectivity index (χ4v) is 3.26. The predicted molar refractivity (Wildman–Crippen MR) is 113 cm³/mol. The predicted octanol–water partition coefficient (Wildman–Crippen LogP) is 3.70. The van der Waals surface area contributed by atoms with E-state index in [4.69, 9.17) is 4.52 Å². The number of benzene rings is 2. The number of aromatic nitrogens is 1. The molecule has 0 radical (unpaired) electrons. The van der Waals surface area contributed by atoms with Crippen molar-refractivity contribution in [2.24, 2.45) is 5.92 Å². The normalized spacial score (nSPS) is 13.1. The summed E-state index contributed by atoms with van der Waals surface area (Å²) in [6.07, 6.45) is 3.06. The Bertz CT molecular complexity index is 981. The first-order valence-electron chi connectivity index (χ1n) is 10.3. The summed E-state index contributed by atoms with van der Waals surface area (Å²) in [5.74, 6) is 0.769. The molecule has 0 saturated heterocycles. The first kappa shape index (κ1) is 19.9. The lowest BCUT2D eigenvalue weighted by molar-refractivity contribution is 0.0729. The van der Waals surface area contributed by atoms with Crippen molar-refractivity contribution in [1.82, 2.24) is 15.4 Å². The van der Waals surface area contributed by atoms with Crippen LogP contribution in [0.3, 0.4) is 0 Å². The Morgan fingerprint density at radius 3 is 2.43 bits per heavy atom. The molecule has 6 heteroatoms. The molecule has 2 amide bonds. The van der Waals surface area contributed by atoms with Crippen LogP contribution in [0.1, 0.15) is 45.0 Å². The molecule has 1 aromatic heterocycles. The van der Waals surface area contributed by atoms with Crippen LogP contribution in [0.15, 0.2) is 71.3 Å². The standard InChI is InChI=1S/C24H25N3O3/c28-23(25-16-19-11-12-19)22-15-21(30-26-22)17-27(14-13-18-7-3-1-4-8-18)24(29)20-9-5-2-6-10-20/h1-10,15,19H,11-14,16-17H2,(H,25,28). The molecular weight excluding hydrogens is 378 g/mol. The average molecular weight is 403 g/mol.